The Kier molecular flexibility index (Phi) is 16.3. The zero-order valence-electron chi connectivity index (χ0n) is 26.7. The number of hydrogen-bond donors (Lipinski definition) is 1. The number of benzene rings is 1. The molecule has 1 N–H and O–H groups in total. The Morgan fingerprint density at radius 3 is 2.16 bits per heavy atom. The highest BCUT2D eigenvalue weighted by atomic mass is 16.8. The quantitative estimate of drug-likeness (QED) is 0.152. The van der Waals surface area contributed by atoms with Crippen LogP contribution in [0.15, 0.2) is 30.8 Å². The number of methoxy groups -OCH3 is 1. The van der Waals surface area contributed by atoms with Crippen LogP contribution in [0.4, 0.5) is 4.79 Å². The highest BCUT2D eigenvalue weighted by molar-refractivity contribution is 6.01. The number of hydrogen-bond acceptors (Lipinski definition) is 9. The van der Waals surface area contributed by atoms with Gasteiger partial charge in [0.2, 0.25) is 6.29 Å². The van der Waals surface area contributed by atoms with Gasteiger partial charge >= 0.3 is 12.1 Å². The maximum atomic E-state index is 13.2. The van der Waals surface area contributed by atoms with Gasteiger partial charge in [0.15, 0.2) is 12.0 Å². The van der Waals surface area contributed by atoms with E-state index in [2.05, 4.69) is 30.7 Å². The van der Waals surface area contributed by atoms with Gasteiger partial charge in [-0.1, -0.05) is 53.2 Å². The zero-order valence-corrected chi connectivity index (χ0v) is 26.7. The first-order chi connectivity index (χ1) is 20.6. The van der Waals surface area contributed by atoms with Crippen molar-refractivity contribution in [2.24, 2.45) is 5.92 Å². The lowest BCUT2D eigenvalue weighted by Gasteiger charge is -2.17. The summed E-state index contributed by atoms with van der Waals surface area (Å²) in [6.07, 6.45) is 4.15. The lowest BCUT2D eigenvalue weighted by Crippen LogP contribution is -2.28. The summed E-state index contributed by atoms with van der Waals surface area (Å²) in [6.45, 7) is 17.2. The third-order valence-electron chi connectivity index (χ3n) is 5.98. The van der Waals surface area contributed by atoms with Crippen LogP contribution < -0.4 is 10.1 Å². The predicted octanol–water partition coefficient (Wildman–Crippen LogP) is 7.25. The molecule has 1 heterocycles. The first-order valence-electron chi connectivity index (χ1n) is 14.8. The van der Waals surface area contributed by atoms with Crippen LogP contribution in [0.5, 0.6) is 5.75 Å². The molecule has 1 amide bonds. The molecule has 0 bridgehead atoms. The van der Waals surface area contributed by atoms with Gasteiger partial charge < -0.3 is 24.3 Å². The Bertz CT molecular complexity index is 1240. The number of ether oxygens (including phenoxy) is 4. The van der Waals surface area contributed by atoms with Gasteiger partial charge in [0.1, 0.15) is 11.4 Å². The molecule has 1 fully saturated rings. The first kappa shape index (κ1) is 36.8. The molecule has 0 saturated heterocycles. The largest absolute Gasteiger partial charge is 0.511 e. The maximum Gasteiger partial charge on any atom is 0.511 e. The molecular weight excluding hydrogens is 552 g/mol. The fourth-order valence-corrected chi connectivity index (χ4v) is 3.48. The number of aldehydes is 1. The van der Waals surface area contributed by atoms with E-state index >= 15 is 0 Å². The molecule has 0 radical (unpaired) electrons. The average molecular weight is 599 g/mol. The number of pyridine rings is 1. The monoisotopic (exact) mass is 598 g/mol. The molecule has 2 aromatic rings. The second kappa shape index (κ2) is 19.1. The number of carbonyl (C=O) groups is 4. The summed E-state index contributed by atoms with van der Waals surface area (Å²) in [5.41, 5.74) is 1.11. The summed E-state index contributed by atoms with van der Waals surface area (Å²) in [7, 11) is 1.46. The number of rotatable bonds is 12. The molecule has 1 aliphatic rings. The molecule has 10 nitrogen and oxygen atoms in total. The molecule has 1 aromatic heterocycles. The van der Waals surface area contributed by atoms with Gasteiger partial charge in [0, 0.05) is 30.2 Å². The van der Waals surface area contributed by atoms with Gasteiger partial charge in [-0.3, -0.25) is 9.59 Å². The Hall–Kier alpha value is -4.21. The van der Waals surface area contributed by atoms with Crippen LogP contribution in [0.2, 0.25) is 0 Å². The number of amides is 1. The summed E-state index contributed by atoms with van der Waals surface area (Å²) >= 11 is 0. The molecule has 236 valence electrons. The van der Waals surface area contributed by atoms with Crippen molar-refractivity contribution >= 4 is 30.4 Å². The number of unbranched alkanes of at least 4 members (excludes halogenated alkanes) is 1. The fourth-order valence-electron chi connectivity index (χ4n) is 3.48. The molecule has 1 unspecified atom stereocenters. The number of aromatic nitrogens is 1. The summed E-state index contributed by atoms with van der Waals surface area (Å²) in [4.78, 5) is 53.9. The third-order valence-corrected chi connectivity index (χ3v) is 5.98. The average Bonchev–Trinajstić information content (AvgIpc) is 3.84. The lowest BCUT2D eigenvalue weighted by atomic mass is 9.95. The number of nitrogens with one attached hydrogen (secondary N) is 1. The lowest BCUT2D eigenvalue weighted by molar-refractivity contribution is -0.0868. The van der Waals surface area contributed by atoms with E-state index in [1.54, 1.807) is 26.0 Å². The smallest absolute Gasteiger partial charge is 0.496 e. The highest BCUT2D eigenvalue weighted by Crippen LogP contribution is 2.33. The molecule has 1 atom stereocenters. The molecule has 1 aliphatic carbocycles. The molecule has 10 heteroatoms. The third kappa shape index (κ3) is 11.9. The normalized spacial score (nSPS) is 12.3. The van der Waals surface area contributed by atoms with E-state index in [1.165, 1.54) is 45.1 Å². The number of carbonyl (C=O) groups excluding carboxylic acids is 4. The number of esters is 1. The van der Waals surface area contributed by atoms with Crippen LogP contribution in [0.3, 0.4) is 0 Å². The Morgan fingerprint density at radius 2 is 1.65 bits per heavy atom. The van der Waals surface area contributed by atoms with E-state index in [-0.39, 0.29) is 22.5 Å². The Morgan fingerprint density at radius 1 is 1.00 bits per heavy atom. The van der Waals surface area contributed by atoms with Gasteiger partial charge in [-0.05, 0) is 62.4 Å². The molecule has 43 heavy (non-hydrogen) atoms. The summed E-state index contributed by atoms with van der Waals surface area (Å²) in [6, 6.07) is 6.09. The van der Waals surface area contributed by atoms with Gasteiger partial charge in [0.25, 0.3) is 5.91 Å². The van der Waals surface area contributed by atoms with Crippen molar-refractivity contribution in [3.63, 3.8) is 0 Å². The molecule has 0 spiro atoms. The topological polar surface area (TPSA) is 130 Å². The van der Waals surface area contributed by atoms with Crippen LogP contribution in [-0.4, -0.2) is 55.4 Å². The van der Waals surface area contributed by atoms with Crippen molar-refractivity contribution in [1.82, 2.24) is 10.3 Å². The number of nitrogens with zero attached hydrogens (tertiary/aromatic N) is 1. The standard InChI is InChI=1S/C27H30N2O8.C4H10.C2H6/c1-6-18-11-19(14-30)21(12-23(18)34-5)20-9-10-22(25(31)28-13-17-7-8-17)29-24(20)26(32)36-16(4)37-27(33)35-15(2)3;1-3-4-2;1-2/h6,9-12,14-17H,1,7-8,13H2,2-5H3,(H,28,31);3-4H2,1-2H3;1-2H3. The minimum Gasteiger partial charge on any atom is -0.496 e. The summed E-state index contributed by atoms with van der Waals surface area (Å²) < 4.78 is 20.5. The second-order valence-electron chi connectivity index (χ2n) is 9.76. The molecular formula is C33H46N2O8. The van der Waals surface area contributed by atoms with Crippen molar-refractivity contribution in [3.05, 3.63) is 53.4 Å². The van der Waals surface area contributed by atoms with E-state index in [9.17, 15) is 19.2 Å². The second-order valence-corrected chi connectivity index (χ2v) is 9.76. The van der Waals surface area contributed by atoms with E-state index in [1.807, 2.05) is 13.8 Å². The van der Waals surface area contributed by atoms with E-state index in [0.717, 1.165) is 12.8 Å². The Balaban J connectivity index is 0.00000142. The van der Waals surface area contributed by atoms with Crippen LogP contribution in [-0.2, 0) is 14.2 Å². The van der Waals surface area contributed by atoms with Gasteiger partial charge in [-0.25, -0.2) is 14.6 Å². The molecule has 3 rings (SSSR count). The van der Waals surface area contributed by atoms with Gasteiger partial charge in [-0.2, -0.15) is 0 Å². The van der Waals surface area contributed by atoms with Crippen molar-refractivity contribution in [1.29, 1.82) is 0 Å². The molecule has 1 aromatic carbocycles. The van der Waals surface area contributed by atoms with Crippen LogP contribution in [0.1, 0.15) is 111 Å². The maximum absolute atomic E-state index is 13.2. The van der Waals surface area contributed by atoms with Crippen molar-refractivity contribution in [2.45, 2.75) is 86.5 Å². The summed E-state index contributed by atoms with van der Waals surface area (Å²) in [5.74, 6) is -0.565. The van der Waals surface area contributed by atoms with Gasteiger partial charge in [0.05, 0.1) is 13.2 Å². The van der Waals surface area contributed by atoms with Gasteiger partial charge in [-0.15, -0.1) is 0 Å². The molecule has 1 saturated carbocycles. The van der Waals surface area contributed by atoms with E-state index in [4.69, 9.17) is 18.9 Å². The SMILES string of the molecule is C=Cc1cc(C=O)c(-c2ccc(C(=O)NCC3CC3)nc2C(=O)OC(C)OC(=O)OC(C)C)cc1OC.CC.CCCC. The van der Waals surface area contributed by atoms with Crippen molar-refractivity contribution in [3.8, 4) is 16.9 Å². The van der Waals surface area contributed by atoms with Crippen molar-refractivity contribution < 1.29 is 38.1 Å². The van der Waals surface area contributed by atoms with Crippen LogP contribution >= 0.6 is 0 Å². The van der Waals surface area contributed by atoms with Crippen LogP contribution in [0.25, 0.3) is 17.2 Å². The van der Waals surface area contributed by atoms with Crippen molar-refractivity contribution in [2.75, 3.05) is 13.7 Å². The first-order valence-corrected chi connectivity index (χ1v) is 14.8. The highest BCUT2D eigenvalue weighted by Gasteiger charge is 2.26. The minimum absolute atomic E-state index is 0.00790. The van der Waals surface area contributed by atoms with E-state index < -0.39 is 30.4 Å². The zero-order chi connectivity index (χ0) is 32.5. The predicted molar refractivity (Wildman–Crippen MR) is 166 cm³/mol. The molecule has 0 aliphatic heterocycles. The van der Waals surface area contributed by atoms with E-state index in [0.29, 0.717) is 35.6 Å². The fraction of sp³-hybridized carbons (Fsp3) is 0.485. The summed E-state index contributed by atoms with van der Waals surface area (Å²) in [5, 5.41) is 2.80. The minimum atomic E-state index is -1.32. The van der Waals surface area contributed by atoms with Crippen LogP contribution in [0, 0.1) is 5.92 Å². The Labute approximate surface area is 255 Å².